The number of hydrogen-bond donors (Lipinski definition) is 1. The summed E-state index contributed by atoms with van der Waals surface area (Å²) in [6.45, 7) is 11.0. The van der Waals surface area contributed by atoms with Crippen LogP contribution in [0.2, 0.25) is 32.7 Å². The Kier molecular flexibility index (Phi) is 3.28. The Morgan fingerprint density at radius 1 is 1.00 bits per heavy atom. The van der Waals surface area contributed by atoms with Crippen LogP contribution >= 0.6 is 0 Å². The predicted octanol–water partition coefficient (Wildman–Crippen LogP) is 1.76. The molecule has 1 N–H and O–H groups in total. The standard InChI is InChI=1S/C6H19NOSi2/c1-7-10(5,6)8-9(2,3)4/h7H,1-6H3. The summed E-state index contributed by atoms with van der Waals surface area (Å²) >= 11 is 0. The van der Waals surface area contributed by atoms with Gasteiger partial charge in [-0.2, -0.15) is 0 Å². The fraction of sp³-hybridized carbons (Fsp3) is 1.00. The molecule has 0 heterocycles. The Bertz CT molecular complexity index is 109. The van der Waals surface area contributed by atoms with Gasteiger partial charge in [-0.1, -0.05) is 0 Å². The molecule has 0 aliphatic heterocycles. The van der Waals surface area contributed by atoms with E-state index in [2.05, 4.69) is 37.7 Å². The third-order valence-corrected chi connectivity index (χ3v) is 6.86. The molecule has 10 heavy (non-hydrogen) atoms. The second-order valence-corrected chi connectivity index (χ2v) is 12.5. The fourth-order valence-electron chi connectivity index (χ4n) is 0.816. The first-order valence-electron chi connectivity index (χ1n) is 3.66. The van der Waals surface area contributed by atoms with Gasteiger partial charge in [-0.25, -0.2) is 0 Å². The lowest BCUT2D eigenvalue weighted by atomic mass is 11.6. The van der Waals surface area contributed by atoms with E-state index in [1.54, 1.807) is 0 Å². The van der Waals surface area contributed by atoms with Gasteiger partial charge in [0.05, 0.1) is 0 Å². The summed E-state index contributed by atoms with van der Waals surface area (Å²) in [6, 6.07) is 0. The summed E-state index contributed by atoms with van der Waals surface area (Å²) in [4.78, 5) is 3.25. The van der Waals surface area contributed by atoms with Gasteiger partial charge in [0.25, 0.3) is 8.48 Å². The van der Waals surface area contributed by atoms with Crippen LogP contribution in [0, 0.1) is 0 Å². The van der Waals surface area contributed by atoms with Crippen molar-refractivity contribution in [2.24, 2.45) is 0 Å². The number of rotatable bonds is 3. The van der Waals surface area contributed by atoms with Crippen molar-refractivity contribution in [1.29, 1.82) is 0 Å². The smallest absolute Gasteiger partial charge is 0.251 e. The molecule has 0 radical (unpaired) electrons. The molecular weight excluding hydrogens is 158 g/mol. The first-order valence-corrected chi connectivity index (χ1v) is 9.97. The highest BCUT2D eigenvalue weighted by molar-refractivity contribution is 6.83. The van der Waals surface area contributed by atoms with Gasteiger partial charge >= 0.3 is 0 Å². The second kappa shape index (κ2) is 3.17. The molecule has 0 saturated heterocycles. The maximum absolute atomic E-state index is 5.94. The Balaban J connectivity index is 3.89. The zero-order valence-electron chi connectivity index (χ0n) is 7.91. The largest absolute Gasteiger partial charge is 0.445 e. The van der Waals surface area contributed by atoms with Gasteiger partial charge in [0.15, 0.2) is 8.32 Å². The van der Waals surface area contributed by atoms with E-state index < -0.39 is 16.8 Å². The fourth-order valence-corrected chi connectivity index (χ4v) is 7.35. The molecule has 0 spiro atoms. The van der Waals surface area contributed by atoms with Crippen LogP contribution in [0.3, 0.4) is 0 Å². The monoisotopic (exact) mass is 177 g/mol. The SMILES string of the molecule is CN[Si](C)(C)O[Si](C)(C)C. The third-order valence-electron chi connectivity index (χ3n) is 1.16. The van der Waals surface area contributed by atoms with Gasteiger partial charge in [0.2, 0.25) is 0 Å². The maximum atomic E-state index is 5.94. The van der Waals surface area contributed by atoms with Crippen LogP contribution in [0.15, 0.2) is 0 Å². The molecule has 2 nitrogen and oxygen atoms in total. The minimum absolute atomic E-state index is 1.31. The first kappa shape index (κ1) is 10.4. The molecule has 0 unspecified atom stereocenters. The van der Waals surface area contributed by atoms with Crippen LogP contribution in [-0.4, -0.2) is 23.8 Å². The molecule has 0 rings (SSSR count). The summed E-state index contributed by atoms with van der Waals surface area (Å²) in [5, 5.41) is 0. The lowest BCUT2D eigenvalue weighted by molar-refractivity contribution is 0.536. The minimum Gasteiger partial charge on any atom is -0.445 e. The van der Waals surface area contributed by atoms with E-state index in [0.717, 1.165) is 0 Å². The average Bonchev–Trinajstić information content (AvgIpc) is 1.60. The van der Waals surface area contributed by atoms with Crippen LogP contribution in [0.1, 0.15) is 0 Å². The lowest BCUT2D eigenvalue weighted by Gasteiger charge is -2.30. The Labute approximate surface area is 66.3 Å². The molecule has 0 saturated carbocycles. The highest BCUT2D eigenvalue weighted by Gasteiger charge is 2.27. The quantitative estimate of drug-likeness (QED) is 0.663. The van der Waals surface area contributed by atoms with E-state index in [1.807, 2.05) is 7.05 Å². The zero-order chi connectivity index (χ0) is 8.41. The highest BCUT2D eigenvalue weighted by Crippen LogP contribution is 2.10. The van der Waals surface area contributed by atoms with E-state index in [4.69, 9.17) is 4.12 Å². The summed E-state index contributed by atoms with van der Waals surface area (Å²) < 4.78 is 5.94. The second-order valence-electron chi connectivity index (χ2n) is 3.97. The van der Waals surface area contributed by atoms with Gasteiger partial charge in [-0.15, -0.1) is 0 Å². The van der Waals surface area contributed by atoms with E-state index >= 15 is 0 Å². The van der Waals surface area contributed by atoms with Crippen molar-refractivity contribution in [3.8, 4) is 0 Å². The topological polar surface area (TPSA) is 21.3 Å². The molecule has 0 aromatic carbocycles. The molecule has 62 valence electrons. The number of hydrogen-bond acceptors (Lipinski definition) is 2. The molecule has 4 heteroatoms. The molecule has 0 atom stereocenters. The van der Waals surface area contributed by atoms with Crippen molar-refractivity contribution in [2.45, 2.75) is 32.7 Å². The minimum atomic E-state index is -1.50. The van der Waals surface area contributed by atoms with E-state index in [1.165, 1.54) is 0 Å². The molecule has 0 fully saturated rings. The van der Waals surface area contributed by atoms with Crippen molar-refractivity contribution in [2.75, 3.05) is 7.05 Å². The molecule has 0 amide bonds. The lowest BCUT2D eigenvalue weighted by Crippen LogP contribution is -2.51. The Morgan fingerprint density at radius 3 is 1.50 bits per heavy atom. The first-order chi connectivity index (χ1) is 4.27. The van der Waals surface area contributed by atoms with Crippen LogP contribution in [0.25, 0.3) is 0 Å². The molecule has 0 aliphatic carbocycles. The third kappa shape index (κ3) is 5.16. The summed E-state index contributed by atoms with van der Waals surface area (Å²) in [5.74, 6) is 0. The Morgan fingerprint density at radius 2 is 1.40 bits per heavy atom. The highest BCUT2D eigenvalue weighted by atomic mass is 28.4. The van der Waals surface area contributed by atoms with Crippen LogP contribution < -0.4 is 4.98 Å². The van der Waals surface area contributed by atoms with Crippen molar-refractivity contribution >= 4 is 16.8 Å². The van der Waals surface area contributed by atoms with Crippen molar-refractivity contribution < 1.29 is 4.12 Å². The molecular formula is C6H19NOSi2. The van der Waals surface area contributed by atoms with Crippen molar-refractivity contribution in [1.82, 2.24) is 4.98 Å². The molecule has 0 aromatic rings. The van der Waals surface area contributed by atoms with Gasteiger partial charge in [0, 0.05) is 0 Å². The zero-order valence-corrected chi connectivity index (χ0v) is 9.91. The maximum Gasteiger partial charge on any atom is 0.251 e. The molecule has 0 aromatic heterocycles. The van der Waals surface area contributed by atoms with Crippen molar-refractivity contribution in [3.05, 3.63) is 0 Å². The summed E-state index contributed by atoms with van der Waals surface area (Å²) in [7, 11) is -0.837. The number of nitrogens with one attached hydrogen (secondary N) is 1. The van der Waals surface area contributed by atoms with E-state index in [0.29, 0.717) is 0 Å². The van der Waals surface area contributed by atoms with Gasteiger partial charge in [-0.05, 0) is 39.8 Å². The van der Waals surface area contributed by atoms with Crippen LogP contribution in [0.4, 0.5) is 0 Å². The predicted molar refractivity (Wildman–Crippen MR) is 51.0 cm³/mol. The van der Waals surface area contributed by atoms with Crippen LogP contribution in [-0.2, 0) is 4.12 Å². The van der Waals surface area contributed by atoms with Crippen LogP contribution in [0.5, 0.6) is 0 Å². The van der Waals surface area contributed by atoms with Crippen molar-refractivity contribution in [3.63, 3.8) is 0 Å². The van der Waals surface area contributed by atoms with E-state index in [-0.39, 0.29) is 0 Å². The van der Waals surface area contributed by atoms with Gasteiger partial charge < -0.3 is 9.10 Å². The average molecular weight is 177 g/mol. The van der Waals surface area contributed by atoms with Gasteiger partial charge in [0.1, 0.15) is 0 Å². The molecule has 0 aliphatic rings. The molecule has 0 bridgehead atoms. The summed E-state index contributed by atoms with van der Waals surface area (Å²) in [6.07, 6.45) is 0. The normalized spacial score (nSPS) is 13.8. The van der Waals surface area contributed by atoms with E-state index in [9.17, 15) is 0 Å². The van der Waals surface area contributed by atoms with Gasteiger partial charge in [-0.3, -0.25) is 0 Å². The summed E-state index contributed by atoms with van der Waals surface area (Å²) in [5.41, 5.74) is 0. The Hall–Kier alpha value is 0.354.